The molecule has 8 heteroatoms. The molecule has 2 aromatic heterocycles. The van der Waals surface area contributed by atoms with E-state index in [1.165, 1.54) is 11.5 Å². The monoisotopic (exact) mass is 401 g/mol. The van der Waals surface area contributed by atoms with Crippen LogP contribution in [-0.2, 0) is 4.79 Å². The number of benzene rings is 1. The van der Waals surface area contributed by atoms with Crippen LogP contribution in [-0.4, -0.2) is 38.2 Å². The Kier molecular flexibility index (Phi) is 6.28. The maximum atomic E-state index is 12.9. The van der Waals surface area contributed by atoms with Crippen LogP contribution in [0.3, 0.4) is 0 Å². The molecule has 0 saturated heterocycles. The number of imidazole rings is 1. The van der Waals surface area contributed by atoms with Crippen LogP contribution in [0.15, 0.2) is 24.3 Å². The van der Waals surface area contributed by atoms with Crippen molar-refractivity contribution in [3.8, 4) is 0 Å². The molecule has 2 amide bonds. The highest BCUT2D eigenvalue weighted by Crippen LogP contribution is 2.21. The van der Waals surface area contributed by atoms with Crippen molar-refractivity contribution in [1.29, 1.82) is 0 Å². The third kappa shape index (κ3) is 4.49. The van der Waals surface area contributed by atoms with Gasteiger partial charge in [0.05, 0.1) is 11.0 Å². The van der Waals surface area contributed by atoms with Gasteiger partial charge in [0, 0.05) is 18.1 Å². The molecular weight excluding hydrogens is 374 g/mol. The molecule has 1 atom stereocenters. The zero-order valence-corrected chi connectivity index (χ0v) is 17.5. The number of hydrogen-bond donors (Lipinski definition) is 2. The minimum absolute atomic E-state index is 0.148. The summed E-state index contributed by atoms with van der Waals surface area (Å²) in [7, 11) is 0. The van der Waals surface area contributed by atoms with E-state index in [-0.39, 0.29) is 23.6 Å². The number of carbonyl (C=O) groups excluding carboxylic acids is 2. The van der Waals surface area contributed by atoms with Gasteiger partial charge < -0.3 is 10.6 Å². The molecule has 0 aliphatic heterocycles. The molecule has 0 spiro atoms. The Bertz CT molecular complexity index is 975. The fourth-order valence-corrected chi connectivity index (χ4v) is 3.81. The molecule has 0 fully saturated rings. The fraction of sp³-hybridized carbons (Fsp3) is 0.500. The fourth-order valence-electron chi connectivity index (χ4n) is 3.07. The van der Waals surface area contributed by atoms with Gasteiger partial charge in [0.1, 0.15) is 6.04 Å². The molecule has 1 aromatic carbocycles. The van der Waals surface area contributed by atoms with E-state index in [1.807, 2.05) is 38.1 Å². The molecule has 0 aliphatic carbocycles. The third-order valence-electron chi connectivity index (χ3n) is 4.51. The zero-order valence-electron chi connectivity index (χ0n) is 16.7. The number of hydrogen-bond acceptors (Lipinski definition) is 5. The first-order chi connectivity index (χ1) is 13.4. The second-order valence-corrected chi connectivity index (χ2v) is 8.58. The molecule has 3 rings (SSSR count). The predicted octanol–water partition coefficient (Wildman–Crippen LogP) is 3.25. The van der Waals surface area contributed by atoms with Gasteiger partial charge in [-0.05, 0) is 36.8 Å². The predicted molar refractivity (Wildman–Crippen MR) is 112 cm³/mol. The smallest absolute Gasteiger partial charge is 0.289 e. The molecule has 2 heterocycles. The molecule has 28 heavy (non-hydrogen) atoms. The molecule has 3 aromatic rings. The average molecular weight is 402 g/mol. The third-order valence-corrected chi connectivity index (χ3v) is 5.21. The first kappa shape index (κ1) is 20.3. The lowest BCUT2D eigenvalue weighted by Crippen LogP contribution is -2.48. The summed E-state index contributed by atoms with van der Waals surface area (Å²) >= 11 is 1.17. The van der Waals surface area contributed by atoms with Gasteiger partial charge in [-0.1, -0.05) is 39.8 Å². The van der Waals surface area contributed by atoms with E-state index < -0.39 is 6.04 Å². The summed E-state index contributed by atoms with van der Waals surface area (Å²) in [5, 5.41) is 5.82. The Hall–Kier alpha value is -2.48. The molecule has 150 valence electrons. The summed E-state index contributed by atoms with van der Waals surface area (Å²) in [4.78, 5) is 30.7. The van der Waals surface area contributed by atoms with Crippen LogP contribution in [0.25, 0.3) is 16.0 Å². The summed E-state index contributed by atoms with van der Waals surface area (Å²) in [6, 6.07) is 7.03. The topological polar surface area (TPSA) is 88.4 Å². The Balaban J connectivity index is 1.79. The highest BCUT2D eigenvalue weighted by atomic mass is 32.1. The van der Waals surface area contributed by atoms with Crippen LogP contribution in [0, 0.1) is 11.8 Å². The van der Waals surface area contributed by atoms with Crippen molar-refractivity contribution in [1.82, 2.24) is 24.4 Å². The van der Waals surface area contributed by atoms with Crippen molar-refractivity contribution >= 4 is 39.3 Å². The normalized spacial score (nSPS) is 12.8. The number of nitrogens with zero attached hydrogens (tertiary/aromatic N) is 3. The minimum atomic E-state index is -0.591. The quantitative estimate of drug-likeness (QED) is 0.606. The number of aromatic nitrogens is 3. The molecule has 0 bridgehead atoms. The summed E-state index contributed by atoms with van der Waals surface area (Å²) in [6.45, 7) is 8.90. The van der Waals surface area contributed by atoms with Gasteiger partial charge >= 0.3 is 0 Å². The lowest BCUT2D eigenvalue weighted by Gasteiger charge is -2.20. The number of nitrogens with one attached hydrogen (secondary N) is 2. The Morgan fingerprint density at radius 1 is 1.14 bits per heavy atom. The van der Waals surface area contributed by atoms with Gasteiger partial charge in [-0.3, -0.25) is 14.0 Å². The van der Waals surface area contributed by atoms with Gasteiger partial charge in [-0.25, -0.2) is 4.98 Å². The van der Waals surface area contributed by atoms with E-state index >= 15 is 0 Å². The van der Waals surface area contributed by atoms with Gasteiger partial charge in [-0.2, -0.15) is 4.37 Å². The number of para-hydroxylation sites is 2. The summed E-state index contributed by atoms with van der Waals surface area (Å²) in [6.07, 6.45) is 1.47. The molecular formula is C20H27N5O2S. The van der Waals surface area contributed by atoms with Crippen molar-refractivity contribution in [2.75, 3.05) is 6.54 Å². The Labute approximate surface area is 168 Å². The van der Waals surface area contributed by atoms with Crippen molar-refractivity contribution < 1.29 is 9.59 Å². The van der Waals surface area contributed by atoms with Crippen LogP contribution < -0.4 is 10.6 Å². The lowest BCUT2D eigenvalue weighted by molar-refractivity contribution is -0.123. The first-order valence-corrected chi connectivity index (χ1v) is 10.5. The van der Waals surface area contributed by atoms with Gasteiger partial charge in [0.25, 0.3) is 5.91 Å². The summed E-state index contributed by atoms with van der Waals surface area (Å²) in [5.74, 6) is 0.531. The van der Waals surface area contributed by atoms with Crippen molar-refractivity contribution in [3.63, 3.8) is 0 Å². The number of fused-ring (bicyclic) bond motifs is 3. The van der Waals surface area contributed by atoms with Crippen LogP contribution in [0.4, 0.5) is 0 Å². The van der Waals surface area contributed by atoms with Crippen molar-refractivity contribution in [2.45, 2.75) is 46.6 Å². The van der Waals surface area contributed by atoms with Crippen LogP contribution >= 0.6 is 11.5 Å². The zero-order chi connectivity index (χ0) is 20.3. The molecule has 7 nitrogen and oxygen atoms in total. The largest absolute Gasteiger partial charge is 0.354 e. The SMILES string of the molecule is CC(C)CCNC(=O)[C@H](CC(C)C)NC(=O)c1nsc2nc3ccccc3n12. The van der Waals surface area contributed by atoms with E-state index in [2.05, 4.69) is 33.8 Å². The highest BCUT2D eigenvalue weighted by molar-refractivity contribution is 7.11. The Morgan fingerprint density at radius 3 is 2.61 bits per heavy atom. The number of amides is 2. The molecule has 0 saturated carbocycles. The molecule has 0 aliphatic rings. The highest BCUT2D eigenvalue weighted by Gasteiger charge is 2.25. The summed E-state index contributed by atoms with van der Waals surface area (Å²) in [5.41, 5.74) is 1.65. The second-order valence-electron chi connectivity index (χ2n) is 7.85. The van der Waals surface area contributed by atoms with E-state index in [0.717, 1.165) is 17.5 Å². The average Bonchev–Trinajstić information content (AvgIpc) is 3.19. The van der Waals surface area contributed by atoms with Crippen molar-refractivity contribution in [3.05, 3.63) is 30.1 Å². The van der Waals surface area contributed by atoms with Crippen LogP contribution in [0.1, 0.15) is 51.2 Å². The van der Waals surface area contributed by atoms with Crippen molar-refractivity contribution in [2.24, 2.45) is 11.8 Å². The van der Waals surface area contributed by atoms with E-state index in [9.17, 15) is 9.59 Å². The Morgan fingerprint density at radius 2 is 1.89 bits per heavy atom. The van der Waals surface area contributed by atoms with Crippen LogP contribution in [0.5, 0.6) is 0 Å². The molecule has 0 unspecified atom stereocenters. The van der Waals surface area contributed by atoms with Crippen LogP contribution in [0.2, 0.25) is 0 Å². The van der Waals surface area contributed by atoms with E-state index in [0.29, 0.717) is 23.8 Å². The maximum Gasteiger partial charge on any atom is 0.289 e. The minimum Gasteiger partial charge on any atom is -0.354 e. The summed E-state index contributed by atoms with van der Waals surface area (Å²) < 4.78 is 6.03. The first-order valence-electron chi connectivity index (χ1n) is 9.68. The lowest BCUT2D eigenvalue weighted by atomic mass is 10.0. The number of carbonyl (C=O) groups is 2. The van der Waals surface area contributed by atoms with Gasteiger partial charge in [0.15, 0.2) is 0 Å². The van der Waals surface area contributed by atoms with Gasteiger partial charge in [0.2, 0.25) is 16.7 Å². The van der Waals surface area contributed by atoms with Gasteiger partial charge in [-0.15, -0.1) is 0 Å². The standard InChI is InChI=1S/C20H27N5O2S/c1-12(2)9-10-21-18(26)15(11-13(3)4)22-19(27)17-24-28-20-23-14-7-5-6-8-16(14)25(17)20/h5-8,12-13,15H,9-11H2,1-4H3,(H,21,26)(H,22,27)/t15-/m0/s1. The molecule has 2 N–H and O–H groups in total. The second kappa shape index (κ2) is 8.68. The number of rotatable bonds is 8. The maximum absolute atomic E-state index is 12.9. The molecule has 0 radical (unpaired) electrons. The van der Waals surface area contributed by atoms with E-state index in [1.54, 1.807) is 4.40 Å². The van der Waals surface area contributed by atoms with E-state index in [4.69, 9.17) is 0 Å².